The molecule has 4 heteroatoms. The summed E-state index contributed by atoms with van der Waals surface area (Å²) < 4.78 is 10.4. The van der Waals surface area contributed by atoms with Crippen molar-refractivity contribution in [3.63, 3.8) is 0 Å². The fraction of sp³-hybridized carbons (Fsp3) is 0.462. The van der Waals surface area contributed by atoms with Crippen molar-refractivity contribution in [2.24, 2.45) is 0 Å². The molecule has 0 aliphatic heterocycles. The highest BCUT2D eigenvalue weighted by Crippen LogP contribution is 2.30. The summed E-state index contributed by atoms with van der Waals surface area (Å²) in [7, 11) is 3.15. The molecule has 4 nitrogen and oxygen atoms in total. The van der Waals surface area contributed by atoms with E-state index in [1.807, 2.05) is 19.9 Å². The number of aryl methyl sites for hydroxylation is 1. The van der Waals surface area contributed by atoms with Gasteiger partial charge in [-0.1, -0.05) is 6.92 Å². The van der Waals surface area contributed by atoms with Gasteiger partial charge in [-0.2, -0.15) is 0 Å². The summed E-state index contributed by atoms with van der Waals surface area (Å²) in [5.74, 6) is 1.15. The number of rotatable bonds is 5. The van der Waals surface area contributed by atoms with Crippen molar-refractivity contribution >= 4 is 5.91 Å². The second-order valence-corrected chi connectivity index (χ2v) is 3.58. The molecule has 0 bridgehead atoms. The van der Waals surface area contributed by atoms with Gasteiger partial charge in [0.15, 0.2) is 11.5 Å². The van der Waals surface area contributed by atoms with Crippen LogP contribution < -0.4 is 14.8 Å². The Morgan fingerprint density at radius 3 is 2.24 bits per heavy atom. The van der Waals surface area contributed by atoms with Crippen LogP contribution in [0.15, 0.2) is 12.1 Å². The predicted molar refractivity (Wildman–Crippen MR) is 66.9 cm³/mol. The second kappa shape index (κ2) is 6.13. The molecule has 1 amide bonds. The number of hydrogen-bond acceptors (Lipinski definition) is 3. The molecule has 0 unspecified atom stereocenters. The van der Waals surface area contributed by atoms with Crippen molar-refractivity contribution in [2.75, 3.05) is 20.8 Å². The molecule has 17 heavy (non-hydrogen) atoms. The van der Waals surface area contributed by atoms with Crippen LogP contribution in [0.3, 0.4) is 0 Å². The van der Waals surface area contributed by atoms with Crippen molar-refractivity contribution < 1.29 is 14.3 Å². The van der Waals surface area contributed by atoms with Crippen molar-refractivity contribution in [1.29, 1.82) is 0 Å². The van der Waals surface area contributed by atoms with Crippen LogP contribution in [0.2, 0.25) is 0 Å². The maximum atomic E-state index is 11.9. The van der Waals surface area contributed by atoms with Gasteiger partial charge in [-0.05, 0) is 31.0 Å². The molecule has 1 N–H and O–H groups in total. The molecular formula is C13H19NO3. The fourth-order valence-electron chi connectivity index (χ4n) is 1.68. The Morgan fingerprint density at radius 2 is 1.76 bits per heavy atom. The predicted octanol–water partition coefficient (Wildman–Crippen LogP) is 2.02. The van der Waals surface area contributed by atoms with E-state index >= 15 is 0 Å². The average molecular weight is 237 g/mol. The second-order valence-electron chi connectivity index (χ2n) is 3.58. The lowest BCUT2D eigenvalue weighted by Crippen LogP contribution is -2.24. The van der Waals surface area contributed by atoms with Gasteiger partial charge in [0, 0.05) is 12.1 Å². The highest BCUT2D eigenvalue weighted by molar-refractivity contribution is 5.96. The molecule has 0 fully saturated rings. The largest absolute Gasteiger partial charge is 0.493 e. The Kier molecular flexibility index (Phi) is 4.82. The van der Waals surface area contributed by atoms with Crippen LogP contribution in [0.5, 0.6) is 11.5 Å². The van der Waals surface area contributed by atoms with Gasteiger partial charge >= 0.3 is 0 Å². The molecule has 0 radical (unpaired) electrons. The average Bonchev–Trinajstić information content (AvgIpc) is 2.37. The van der Waals surface area contributed by atoms with E-state index in [1.165, 1.54) is 0 Å². The van der Waals surface area contributed by atoms with Gasteiger partial charge in [-0.3, -0.25) is 4.79 Å². The molecule has 1 rings (SSSR count). The SMILES string of the molecule is CCNC(=O)c1cc(OC)c(OC)cc1CC. The van der Waals surface area contributed by atoms with Crippen LogP contribution >= 0.6 is 0 Å². The molecule has 0 saturated heterocycles. The van der Waals surface area contributed by atoms with Crippen molar-refractivity contribution in [3.8, 4) is 11.5 Å². The lowest BCUT2D eigenvalue weighted by Gasteiger charge is -2.13. The van der Waals surface area contributed by atoms with E-state index in [0.29, 0.717) is 23.6 Å². The number of carbonyl (C=O) groups is 1. The zero-order valence-corrected chi connectivity index (χ0v) is 10.8. The third-order valence-electron chi connectivity index (χ3n) is 2.57. The van der Waals surface area contributed by atoms with Crippen LogP contribution in [0.25, 0.3) is 0 Å². The molecule has 0 heterocycles. The zero-order valence-electron chi connectivity index (χ0n) is 10.8. The number of hydrogen-bond donors (Lipinski definition) is 1. The molecule has 0 aliphatic carbocycles. The van der Waals surface area contributed by atoms with E-state index in [1.54, 1.807) is 20.3 Å². The molecule has 0 saturated carbocycles. The molecule has 0 aromatic heterocycles. The molecule has 1 aromatic carbocycles. The van der Waals surface area contributed by atoms with E-state index in [9.17, 15) is 4.79 Å². The van der Waals surface area contributed by atoms with Crippen molar-refractivity contribution in [2.45, 2.75) is 20.3 Å². The minimum absolute atomic E-state index is 0.0784. The van der Waals surface area contributed by atoms with Crippen LogP contribution in [-0.2, 0) is 6.42 Å². The molecular weight excluding hydrogens is 218 g/mol. The van der Waals surface area contributed by atoms with Gasteiger partial charge in [-0.15, -0.1) is 0 Å². The van der Waals surface area contributed by atoms with Gasteiger partial charge in [-0.25, -0.2) is 0 Å². The maximum Gasteiger partial charge on any atom is 0.251 e. The Balaban J connectivity index is 3.23. The van der Waals surface area contributed by atoms with E-state index in [-0.39, 0.29) is 5.91 Å². The molecule has 0 spiro atoms. The Morgan fingerprint density at radius 1 is 1.18 bits per heavy atom. The first-order chi connectivity index (χ1) is 8.17. The van der Waals surface area contributed by atoms with Gasteiger partial charge in [0.2, 0.25) is 0 Å². The number of carbonyl (C=O) groups excluding carboxylic acids is 1. The van der Waals surface area contributed by atoms with Crippen molar-refractivity contribution in [3.05, 3.63) is 23.3 Å². The summed E-state index contributed by atoms with van der Waals surface area (Å²) in [5.41, 5.74) is 1.60. The number of nitrogens with one attached hydrogen (secondary N) is 1. The normalized spacial score (nSPS) is 9.88. The number of methoxy groups -OCH3 is 2. The Labute approximate surface area is 102 Å². The highest BCUT2D eigenvalue weighted by atomic mass is 16.5. The fourth-order valence-corrected chi connectivity index (χ4v) is 1.68. The number of amides is 1. The standard InChI is InChI=1S/C13H19NO3/c1-5-9-7-11(16-3)12(17-4)8-10(9)13(15)14-6-2/h7-8H,5-6H2,1-4H3,(H,14,15). The lowest BCUT2D eigenvalue weighted by molar-refractivity contribution is 0.0954. The zero-order chi connectivity index (χ0) is 12.8. The molecule has 1 aromatic rings. The minimum atomic E-state index is -0.0784. The van der Waals surface area contributed by atoms with Gasteiger partial charge in [0.05, 0.1) is 14.2 Å². The van der Waals surface area contributed by atoms with Crippen LogP contribution in [0.4, 0.5) is 0 Å². The van der Waals surface area contributed by atoms with Gasteiger partial charge in [0.1, 0.15) is 0 Å². The van der Waals surface area contributed by atoms with E-state index in [2.05, 4.69) is 5.32 Å². The summed E-state index contributed by atoms with van der Waals surface area (Å²) in [6, 6.07) is 3.58. The maximum absolute atomic E-state index is 11.9. The molecule has 0 atom stereocenters. The Hall–Kier alpha value is -1.71. The summed E-state index contributed by atoms with van der Waals surface area (Å²) in [4.78, 5) is 11.9. The summed E-state index contributed by atoms with van der Waals surface area (Å²) >= 11 is 0. The van der Waals surface area contributed by atoms with E-state index in [4.69, 9.17) is 9.47 Å². The van der Waals surface area contributed by atoms with Gasteiger partial charge in [0.25, 0.3) is 5.91 Å². The van der Waals surface area contributed by atoms with Gasteiger partial charge < -0.3 is 14.8 Å². The van der Waals surface area contributed by atoms with Crippen LogP contribution in [-0.4, -0.2) is 26.7 Å². The smallest absolute Gasteiger partial charge is 0.251 e. The monoisotopic (exact) mass is 237 g/mol. The lowest BCUT2D eigenvalue weighted by atomic mass is 10.0. The molecule has 94 valence electrons. The van der Waals surface area contributed by atoms with E-state index in [0.717, 1.165) is 12.0 Å². The minimum Gasteiger partial charge on any atom is -0.493 e. The first-order valence-electron chi connectivity index (χ1n) is 5.70. The highest BCUT2D eigenvalue weighted by Gasteiger charge is 2.15. The number of benzene rings is 1. The topological polar surface area (TPSA) is 47.6 Å². The molecule has 0 aliphatic rings. The summed E-state index contributed by atoms with van der Waals surface area (Å²) in [5, 5.41) is 2.79. The number of ether oxygens (including phenoxy) is 2. The van der Waals surface area contributed by atoms with E-state index < -0.39 is 0 Å². The first-order valence-corrected chi connectivity index (χ1v) is 5.70. The first kappa shape index (κ1) is 13.4. The van der Waals surface area contributed by atoms with Crippen molar-refractivity contribution in [1.82, 2.24) is 5.32 Å². The summed E-state index contributed by atoms with van der Waals surface area (Å²) in [6.45, 7) is 4.50. The van der Waals surface area contributed by atoms with Crippen LogP contribution in [0, 0.1) is 0 Å². The third kappa shape index (κ3) is 2.90. The van der Waals surface area contributed by atoms with Crippen LogP contribution in [0.1, 0.15) is 29.8 Å². The third-order valence-corrected chi connectivity index (χ3v) is 2.57. The Bertz CT molecular complexity index is 402. The quantitative estimate of drug-likeness (QED) is 0.852. The summed E-state index contributed by atoms with van der Waals surface area (Å²) in [6.07, 6.45) is 0.771.